The van der Waals surface area contributed by atoms with Crippen molar-refractivity contribution in [3.05, 3.63) is 29.6 Å². The number of nitrogen functional groups attached to an aromatic ring is 1. The molecule has 0 unspecified atom stereocenters. The predicted octanol–water partition coefficient (Wildman–Crippen LogP) is 2.73. The molecule has 0 atom stereocenters. The molecule has 86 valence electrons. The SMILES string of the molecule is Nc1cc(F)ccc1C(=O)C1CCSCC1. The van der Waals surface area contributed by atoms with Crippen molar-refractivity contribution in [1.82, 2.24) is 0 Å². The van der Waals surface area contributed by atoms with Gasteiger partial charge >= 0.3 is 0 Å². The number of carbonyl (C=O) groups is 1. The van der Waals surface area contributed by atoms with Gasteiger partial charge in [-0.2, -0.15) is 11.8 Å². The van der Waals surface area contributed by atoms with Gasteiger partial charge in [-0.15, -0.1) is 0 Å². The Morgan fingerprint density at radius 2 is 2.06 bits per heavy atom. The average molecular weight is 239 g/mol. The lowest BCUT2D eigenvalue weighted by atomic mass is 9.92. The fourth-order valence-corrected chi connectivity index (χ4v) is 3.04. The second kappa shape index (κ2) is 4.87. The number of ketones is 1. The number of carbonyl (C=O) groups excluding carboxylic acids is 1. The Hall–Kier alpha value is -1.03. The van der Waals surface area contributed by atoms with Gasteiger partial charge in [0.2, 0.25) is 0 Å². The van der Waals surface area contributed by atoms with E-state index in [1.807, 2.05) is 11.8 Å². The van der Waals surface area contributed by atoms with E-state index in [1.54, 1.807) is 0 Å². The smallest absolute Gasteiger partial charge is 0.168 e. The summed E-state index contributed by atoms with van der Waals surface area (Å²) in [6, 6.07) is 4.00. The molecule has 0 amide bonds. The van der Waals surface area contributed by atoms with Gasteiger partial charge in [-0.05, 0) is 42.5 Å². The fraction of sp³-hybridized carbons (Fsp3) is 0.417. The lowest BCUT2D eigenvalue weighted by Gasteiger charge is -2.20. The minimum absolute atomic E-state index is 0.0639. The summed E-state index contributed by atoms with van der Waals surface area (Å²) in [6.45, 7) is 0. The van der Waals surface area contributed by atoms with Gasteiger partial charge in [-0.1, -0.05) is 0 Å². The molecule has 2 N–H and O–H groups in total. The van der Waals surface area contributed by atoms with Crippen molar-refractivity contribution >= 4 is 23.2 Å². The van der Waals surface area contributed by atoms with Crippen LogP contribution in [0.5, 0.6) is 0 Å². The van der Waals surface area contributed by atoms with Crippen molar-refractivity contribution in [2.24, 2.45) is 5.92 Å². The van der Waals surface area contributed by atoms with E-state index >= 15 is 0 Å². The standard InChI is InChI=1S/C12H14FNOS/c13-9-1-2-10(11(14)7-9)12(15)8-3-5-16-6-4-8/h1-2,7-8H,3-6,14H2. The largest absolute Gasteiger partial charge is 0.398 e. The zero-order valence-electron chi connectivity index (χ0n) is 8.91. The monoisotopic (exact) mass is 239 g/mol. The van der Waals surface area contributed by atoms with Gasteiger partial charge in [0.05, 0.1) is 0 Å². The number of thioether (sulfide) groups is 1. The van der Waals surface area contributed by atoms with Crippen LogP contribution >= 0.6 is 11.8 Å². The normalized spacial score (nSPS) is 17.3. The topological polar surface area (TPSA) is 43.1 Å². The molecule has 1 aliphatic rings. The van der Waals surface area contributed by atoms with Crippen molar-refractivity contribution in [2.45, 2.75) is 12.8 Å². The van der Waals surface area contributed by atoms with Crippen LogP contribution in [0.2, 0.25) is 0 Å². The quantitative estimate of drug-likeness (QED) is 0.637. The molecule has 4 heteroatoms. The molecule has 1 aromatic carbocycles. The first-order valence-corrected chi connectivity index (χ1v) is 6.51. The minimum atomic E-state index is -0.395. The zero-order valence-corrected chi connectivity index (χ0v) is 9.73. The van der Waals surface area contributed by atoms with Crippen molar-refractivity contribution in [3.8, 4) is 0 Å². The molecule has 1 fully saturated rings. The Balaban J connectivity index is 2.19. The van der Waals surface area contributed by atoms with Crippen molar-refractivity contribution in [3.63, 3.8) is 0 Å². The Bertz CT molecular complexity index is 402. The number of hydrogen-bond donors (Lipinski definition) is 1. The lowest BCUT2D eigenvalue weighted by molar-refractivity contribution is 0.0914. The van der Waals surface area contributed by atoms with Crippen LogP contribution in [0.4, 0.5) is 10.1 Å². The summed E-state index contributed by atoms with van der Waals surface area (Å²) < 4.78 is 12.9. The van der Waals surface area contributed by atoms with Gasteiger partial charge < -0.3 is 5.73 Å². The van der Waals surface area contributed by atoms with E-state index in [0.717, 1.165) is 24.3 Å². The van der Waals surface area contributed by atoms with Gasteiger partial charge in [-0.25, -0.2) is 4.39 Å². The van der Waals surface area contributed by atoms with E-state index in [1.165, 1.54) is 18.2 Å². The lowest BCUT2D eigenvalue weighted by Crippen LogP contribution is -2.21. The van der Waals surface area contributed by atoms with Crippen molar-refractivity contribution in [2.75, 3.05) is 17.2 Å². The highest BCUT2D eigenvalue weighted by molar-refractivity contribution is 7.99. The number of benzene rings is 1. The van der Waals surface area contributed by atoms with E-state index in [9.17, 15) is 9.18 Å². The fourth-order valence-electron chi connectivity index (χ4n) is 1.94. The Kier molecular flexibility index (Phi) is 3.49. The molecule has 0 radical (unpaired) electrons. The van der Waals surface area contributed by atoms with Crippen LogP contribution in [0.1, 0.15) is 23.2 Å². The van der Waals surface area contributed by atoms with Crippen LogP contribution in [0.15, 0.2) is 18.2 Å². The van der Waals surface area contributed by atoms with E-state index in [2.05, 4.69) is 0 Å². The molecule has 0 spiro atoms. The summed E-state index contributed by atoms with van der Waals surface area (Å²) in [7, 11) is 0. The minimum Gasteiger partial charge on any atom is -0.398 e. The third-order valence-electron chi connectivity index (χ3n) is 2.87. The summed E-state index contributed by atoms with van der Waals surface area (Å²) in [5.74, 6) is 1.79. The molecule has 1 aromatic rings. The Morgan fingerprint density at radius 3 is 2.69 bits per heavy atom. The van der Waals surface area contributed by atoms with Gasteiger partial charge in [0.15, 0.2) is 5.78 Å². The first-order valence-electron chi connectivity index (χ1n) is 5.35. The van der Waals surface area contributed by atoms with Crippen LogP contribution in [0.25, 0.3) is 0 Å². The highest BCUT2D eigenvalue weighted by Crippen LogP contribution is 2.27. The summed E-state index contributed by atoms with van der Waals surface area (Å²) in [5.41, 5.74) is 6.39. The van der Waals surface area contributed by atoms with Gasteiger partial charge in [0.25, 0.3) is 0 Å². The van der Waals surface area contributed by atoms with Crippen molar-refractivity contribution < 1.29 is 9.18 Å². The predicted molar refractivity (Wildman–Crippen MR) is 65.2 cm³/mol. The summed E-state index contributed by atoms with van der Waals surface area (Å²) in [4.78, 5) is 12.1. The first-order chi connectivity index (χ1) is 7.68. The molecular formula is C12H14FNOS. The maximum Gasteiger partial charge on any atom is 0.168 e. The van der Waals surface area contributed by atoms with Crippen LogP contribution in [0.3, 0.4) is 0 Å². The highest BCUT2D eigenvalue weighted by Gasteiger charge is 2.23. The number of hydrogen-bond acceptors (Lipinski definition) is 3. The van der Waals surface area contributed by atoms with Crippen LogP contribution in [0, 0.1) is 11.7 Å². The third kappa shape index (κ3) is 2.38. The van der Waals surface area contributed by atoms with Crippen LogP contribution in [-0.4, -0.2) is 17.3 Å². The van der Waals surface area contributed by atoms with Gasteiger partial charge in [-0.3, -0.25) is 4.79 Å². The highest BCUT2D eigenvalue weighted by atomic mass is 32.2. The number of rotatable bonds is 2. The van der Waals surface area contributed by atoms with Gasteiger partial charge in [0, 0.05) is 17.2 Å². The summed E-state index contributed by atoms with van der Waals surface area (Å²) >= 11 is 1.87. The summed E-state index contributed by atoms with van der Waals surface area (Å²) in [6.07, 6.45) is 1.81. The third-order valence-corrected chi connectivity index (χ3v) is 3.92. The first kappa shape index (κ1) is 11.5. The summed E-state index contributed by atoms with van der Waals surface area (Å²) in [5, 5.41) is 0. The van der Waals surface area contributed by atoms with E-state index in [4.69, 9.17) is 5.73 Å². The zero-order chi connectivity index (χ0) is 11.5. The number of Topliss-reactive ketones (excluding diaryl/α,β-unsaturated/α-hetero) is 1. The molecule has 0 aliphatic carbocycles. The average Bonchev–Trinajstić information content (AvgIpc) is 2.29. The molecule has 1 aliphatic heterocycles. The number of halogens is 1. The van der Waals surface area contributed by atoms with Crippen LogP contribution < -0.4 is 5.73 Å². The molecule has 1 heterocycles. The molecule has 1 saturated heterocycles. The number of nitrogens with two attached hydrogens (primary N) is 1. The molecule has 16 heavy (non-hydrogen) atoms. The number of anilines is 1. The molecule has 2 nitrogen and oxygen atoms in total. The molecule has 0 bridgehead atoms. The van der Waals surface area contributed by atoms with E-state index in [0.29, 0.717) is 5.56 Å². The molecule has 2 rings (SSSR count). The van der Waals surface area contributed by atoms with Gasteiger partial charge in [0.1, 0.15) is 5.82 Å². The molecular weight excluding hydrogens is 225 g/mol. The van der Waals surface area contributed by atoms with E-state index < -0.39 is 5.82 Å². The maximum absolute atomic E-state index is 12.9. The van der Waals surface area contributed by atoms with Crippen molar-refractivity contribution in [1.29, 1.82) is 0 Å². The maximum atomic E-state index is 12.9. The second-order valence-electron chi connectivity index (χ2n) is 3.98. The van der Waals surface area contributed by atoms with Crippen LogP contribution in [-0.2, 0) is 0 Å². The molecule has 0 saturated carbocycles. The molecule has 0 aromatic heterocycles. The second-order valence-corrected chi connectivity index (χ2v) is 5.21. The Labute approximate surface area is 98.4 Å². The Morgan fingerprint density at radius 1 is 1.38 bits per heavy atom. The van der Waals surface area contributed by atoms with E-state index in [-0.39, 0.29) is 17.4 Å².